The second kappa shape index (κ2) is 12.2. The lowest BCUT2D eigenvalue weighted by atomic mass is 10.2. The Morgan fingerprint density at radius 1 is 1.16 bits per heavy atom. The number of hydrogen-bond donors (Lipinski definition) is 1. The Labute approximate surface area is 227 Å². The number of methoxy groups -OCH3 is 1. The van der Waals surface area contributed by atoms with Gasteiger partial charge in [-0.3, -0.25) is 4.79 Å². The van der Waals surface area contributed by atoms with Crippen LogP contribution in [0.25, 0.3) is 5.69 Å². The second-order valence-electron chi connectivity index (χ2n) is 7.77. The molecule has 0 aliphatic carbocycles. The number of aryl methyl sites for hydroxylation is 1. The Morgan fingerprint density at radius 2 is 1.95 bits per heavy atom. The van der Waals surface area contributed by atoms with Crippen molar-refractivity contribution in [1.82, 2.24) is 20.2 Å². The minimum absolute atomic E-state index is 0.0281. The van der Waals surface area contributed by atoms with Crippen molar-refractivity contribution < 1.29 is 18.7 Å². The maximum atomic E-state index is 12.2. The fourth-order valence-corrected chi connectivity index (χ4v) is 4.50. The van der Waals surface area contributed by atoms with E-state index in [4.69, 9.17) is 37.1 Å². The smallest absolute Gasteiger partial charge is 0.277 e. The van der Waals surface area contributed by atoms with Gasteiger partial charge >= 0.3 is 0 Å². The zero-order chi connectivity index (χ0) is 26.4. The SMILES string of the molecule is COc1ccc(-n2c(C)cc(/C=N\NC(=O)CSc3nnc(COc4ccc(Cl)cc4Cl)o3)c2C)cc1. The van der Waals surface area contributed by atoms with E-state index in [1.807, 2.05) is 44.2 Å². The third-order valence-corrected chi connectivity index (χ3v) is 6.56. The van der Waals surface area contributed by atoms with Crippen molar-refractivity contribution in [2.75, 3.05) is 12.9 Å². The Morgan fingerprint density at radius 3 is 2.68 bits per heavy atom. The fraction of sp³-hybridized carbons (Fsp3) is 0.200. The molecule has 0 saturated carbocycles. The zero-order valence-corrected chi connectivity index (χ0v) is 22.5. The van der Waals surface area contributed by atoms with E-state index in [1.54, 1.807) is 31.5 Å². The van der Waals surface area contributed by atoms with Gasteiger partial charge in [-0.15, -0.1) is 10.2 Å². The molecule has 2 aromatic heterocycles. The van der Waals surface area contributed by atoms with Crippen molar-refractivity contribution in [3.8, 4) is 17.2 Å². The van der Waals surface area contributed by atoms with Gasteiger partial charge in [0.05, 0.1) is 24.1 Å². The molecule has 2 aromatic carbocycles. The lowest BCUT2D eigenvalue weighted by Crippen LogP contribution is -2.19. The van der Waals surface area contributed by atoms with Crippen LogP contribution in [0.3, 0.4) is 0 Å². The molecule has 4 aromatic rings. The van der Waals surface area contributed by atoms with Gasteiger partial charge in [-0.05, 0) is 62.4 Å². The number of benzene rings is 2. The molecule has 2 heterocycles. The summed E-state index contributed by atoms with van der Waals surface area (Å²) < 4.78 is 18.4. The topological polar surface area (TPSA) is 104 Å². The van der Waals surface area contributed by atoms with E-state index in [9.17, 15) is 4.79 Å². The number of aromatic nitrogens is 3. The van der Waals surface area contributed by atoms with Crippen molar-refractivity contribution in [2.45, 2.75) is 25.7 Å². The molecule has 0 atom stereocenters. The molecule has 0 fully saturated rings. The number of carbonyl (C=O) groups is 1. The Bertz CT molecular complexity index is 1420. The van der Waals surface area contributed by atoms with Gasteiger partial charge in [-0.2, -0.15) is 5.10 Å². The van der Waals surface area contributed by atoms with E-state index in [1.165, 1.54) is 0 Å². The highest BCUT2D eigenvalue weighted by molar-refractivity contribution is 7.99. The van der Waals surface area contributed by atoms with E-state index in [0.29, 0.717) is 15.8 Å². The third-order valence-electron chi connectivity index (χ3n) is 5.21. The number of hydrazone groups is 1. The van der Waals surface area contributed by atoms with E-state index in [0.717, 1.165) is 40.2 Å². The van der Waals surface area contributed by atoms with Crippen LogP contribution in [0.1, 0.15) is 22.8 Å². The fourth-order valence-electron chi connectivity index (χ4n) is 3.47. The van der Waals surface area contributed by atoms with Crippen LogP contribution >= 0.6 is 35.0 Å². The molecule has 0 saturated heterocycles. The van der Waals surface area contributed by atoms with E-state index >= 15 is 0 Å². The maximum Gasteiger partial charge on any atom is 0.277 e. The normalized spacial score (nSPS) is 11.2. The first-order chi connectivity index (χ1) is 17.8. The molecule has 0 unspecified atom stereocenters. The highest BCUT2D eigenvalue weighted by Gasteiger charge is 2.12. The van der Waals surface area contributed by atoms with Crippen molar-refractivity contribution in [2.24, 2.45) is 5.10 Å². The second-order valence-corrected chi connectivity index (χ2v) is 9.54. The van der Waals surface area contributed by atoms with Gasteiger partial charge in [0.2, 0.25) is 0 Å². The molecule has 0 bridgehead atoms. The van der Waals surface area contributed by atoms with Gasteiger partial charge in [-0.25, -0.2) is 5.43 Å². The number of ether oxygens (including phenoxy) is 2. The quantitative estimate of drug-likeness (QED) is 0.153. The molecule has 4 rings (SSSR count). The van der Waals surface area contributed by atoms with Gasteiger partial charge < -0.3 is 18.5 Å². The van der Waals surface area contributed by atoms with Gasteiger partial charge in [0.1, 0.15) is 11.5 Å². The number of rotatable bonds is 10. The van der Waals surface area contributed by atoms with Gasteiger partial charge in [0.25, 0.3) is 17.0 Å². The van der Waals surface area contributed by atoms with Gasteiger partial charge in [0.15, 0.2) is 6.61 Å². The summed E-state index contributed by atoms with van der Waals surface area (Å²) in [6.45, 7) is 4.03. The molecule has 0 spiro atoms. The summed E-state index contributed by atoms with van der Waals surface area (Å²) in [5, 5.41) is 13.0. The zero-order valence-electron chi connectivity index (χ0n) is 20.2. The molecular weight excluding hydrogens is 537 g/mol. The molecule has 192 valence electrons. The lowest BCUT2D eigenvalue weighted by molar-refractivity contribution is -0.118. The van der Waals surface area contributed by atoms with Gasteiger partial charge in [0, 0.05) is 27.7 Å². The summed E-state index contributed by atoms with van der Waals surface area (Å²) in [5.74, 6) is 1.23. The van der Waals surface area contributed by atoms with Crippen LogP contribution in [0.5, 0.6) is 11.5 Å². The molecular formula is C25H23Cl2N5O4S. The van der Waals surface area contributed by atoms with Crippen LogP contribution in [-0.4, -0.2) is 39.7 Å². The van der Waals surface area contributed by atoms with Crippen LogP contribution in [0.4, 0.5) is 0 Å². The van der Waals surface area contributed by atoms with E-state index in [2.05, 4.69) is 25.3 Å². The highest BCUT2D eigenvalue weighted by Crippen LogP contribution is 2.28. The first-order valence-electron chi connectivity index (χ1n) is 11.0. The van der Waals surface area contributed by atoms with Gasteiger partial charge in [-0.1, -0.05) is 35.0 Å². The number of thioether (sulfide) groups is 1. The standard InChI is InChI=1S/C25H23Cl2N5O4S/c1-15-10-17(16(2)32(15)19-5-7-20(34-3)8-6-19)12-28-29-23(33)14-37-25-31-30-24(36-25)13-35-22-9-4-18(26)11-21(22)27/h4-12H,13-14H2,1-3H3,(H,29,33)/b28-12-. The average molecular weight is 560 g/mol. The number of nitrogens with zero attached hydrogens (tertiary/aromatic N) is 4. The molecule has 0 radical (unpaired) electrons. The molecule has 9 nitrogen and oxygen atoms in total. The average Bonchev–Trinajstić information content (AvgIpc) is 3.45. The first kappa shape index (κ1) is 26.6. The predicted octanol–water partition coefficient (Wildman–Crippen LogP) is 5.61. The summed E-state index contributed by atoms with van der Waals surface area (Å²) in [5.41, 5.74) is 6.46. The minimum Gasteiger partial charge on any atom is -0.497 e. The summed E-state index contributed by atoms with van der Waals surface area (Å²) in [4.78, 5) is 12.2. The number of nitrogens with one attached hydrogen (secondary N) is 1. The number of carbonyl (C=O) groups excluding carboxylic acids is 1. The van der Waals surface area contributed by atoms with Crippen molar-refractivity contribution in [3.63, 3.8) is 0 Å². The molecule has 12 heteroatoms. The number of halogens is 2. The Kier molecular flexibility index (Phi) is 8.75. The largest absolute Gasteiger partial charge is 0.497 e. The first-order valence-corrected chi connectivity index (χ1v) is 12.8. The van der Waals surface area contributed by atoms with Crippen LogP contribution in [0.15, 0.2) is 63.3 Å². The molecule has 1 amide bonds. The molecule has 0 aliphatic rings. The monoisotopic (exact) mass is 559 g/mol. The van der Waals surface area contributed by atoms with Crippen molar-refractivity contribution in [1.29, 1.82) is 0 Å². The van der Waals surface area contributed by atoms with E-state index < -0.39 is 0 Å². The van der Waals surface area contributed by atoms with Crippen LogP contribution in [0.2, 0.25) is 10.0 Å². The van der Waals surface area contributed by atoms with Crippen molar-refractivity contribution >= 4 is 47.1 Å². The Balaban J connectivity index is 1.27. The van der Waals surface area contributed by atoms with Crippen LogP contribution < -0.4 is 14.9 Å². The molecule has 1 N–H and O–H groups in total. The minimum atomic E-state index is -0.311. The molecule has 37 heavy (non-hydrogen) atoms. The summed E-state index contributed by atoms with van der Waals surface area (Å²) in [6, 6.07) is 14.7. The maximum absolute atomic E-state index is 12.2. The van der Waals surface area contributed by atoms with Crippen LogP contribution in [-0.2, 0) is 11.4 Å². The Hall–Kier alpha value is -3.47. The number of hydrogen-bond acceptors (Lipinski definition) is 8. The molecule has 0 aliphatic heterocycles. The third kappa shape index (κ3) is 6.85. The summed E-state index contributed by atoms with van der Waals surface area (Å²) in [6.07, 6.45) is 1.62. The van der Waals surface area contributed by atoms with Crippen LogP contribution in [0, 0.1) is 13.8 Å². The lowest BCUT2D eigenvalue weighted by Gasteiger charge is -2.10. The predicted molar refractivity (Wildman–Crippen MR) is 143 cm³/mol. The summed E-state index contributed by atoms with van der Waals surface area (Å²) >= 11 is 13.1. The van der Waals surface area contributed by atoms with Crippen molar-refractivity contribution in [3.05, 3.63) is 81.4 Å². The summed E-state index contributed by atoms with van der Waals surface area (Å²) in [7, 11) is 1.64. The van der Waals surface area contributed by atoms with E-state index in [-0.39, 0.29) is 29.4 Å². The number of amides is 1. The highest BCUT2D eigenvalue weighted by atomic mass is 35.5.